The van der Waals surface area contributed by atoms with Crippen molar-refractivity contribution in [3.63, 3.8) is 0 Å². The second-order valence-corrected chi connectivity index (χ2v) is 6.49. The van der Waals surface area contributed by atoms with Crippen LogP contribution in [0.4, 0.5) is 0 Å². The number of hydrogen-bond acceptors (Lipinski definition) is 2. The standard InChI is InChI=1S/C17H20ClNOS/c1-4-19-12(2)9-16(13(19)3)17(20)11-21-10-14-5-7-15(18)8-6-14/h5-9H,4,10-11H2,1-3H3. The van der Waals surface area contributed by atoms with Gasteiger partial charge < -0.3 is 4.57 Å². The van der Waals surface area contributed by atoms with Crippen LogP contribution < -0.4 is 0 Å². The number of carbonyl (C=O) groups excluding carboxylic acids is 1. The Labute approximate surface area is 135 Å². The number of carbonyl (C=O) groups is 1. The molecule has 0 spiro atoms. The van der Waals surface area contributed by atoms with E-state index < -0.39 is 0 Å². The molecule has 1 aromatic carbocycles. The Morgan fingerprint density at radius 2 is 1.90 bits per heavy atom. The second kappa shape index (κ2) is 7.19. The second-order valence-electron chi connectivity index (χ2n) is 5.07. The number of benzene rings is 1. The summed E-state index contributed by atoms with van der Waals surface area (Å²) in [6.07, 6.45) is 0. The van der Waals surface area contributed by atoms with Crippen molar-refractivity contribution >= 4 is 29.1 Å². The Morgan fingerprint density at radius 1 is 1.24 bits per heavy atom. The normalized spacial score (nSPS) is 10.9. The first-order valence-corrected chi connectivity index (χ1v) is 8.58. The summed E-state index contributed by atoms with van der Waals surface area (Å²) < 4.78 is 2.18. The lowest BCUT2D eigenvalue weighted by Gasteiger charge is -2.06. The molecule has 21 heavy (non-hydrogen) atoms. The van der Waals surface area contributed by atoms with Gasteiger partial charge in [-0.05, 0) is 44.5 Å². The molecule has 0 aliphatic rings. The maximum absolute atomic E-state index is 12.3. The average molecular weight is 322 g/mol. The van der Waals surface area contributed by atoms with Gasteiger partial charge in [-0.3, -0.25) is 4.79 Å². The number of ketones is 1. The highest BCUT2D eigenvalue weighted by Gasteiger charge is 2.14. The van der Waals surface area contributed by atoms with E-state index in [4.69, 9.17) is 11.6 Å². The zero-order valence-electron chi connectivity index (χ0n) is 12.6. The van der Waals surface area contributed by atoms with Crippen LogP contribution in [0.25, 0.3) is 0 Å². The van der Waals surface area contributed by atoms with Gasteiger partial charge in [-0.15, -0.1) is 11.8 Å². The Morgan fingerprint density at radius 3 is 2.48 bits per heavy atom. The molecule has 0 radical (unpaired) electrons. The lowest BCUT2D eigenvalue weighted by atomic mass is 10.2. The number of nitrogens with zero attached hydrogens (tertiary/aromatic N) is 1. The van der Waals surface area contributed by atoms with Gasteiger partial charge >= 0.3 is 0 Å². The van der Waals surface area contributed by atoms with E-state index in [9.17, 15) is 4.79 Å². The number of thioether (sulfide) groups is 1. The molecule has 4 heteroatoms. The Bertz CT molecular complexity index is 631. The number of aryl methyl sites for hydroxylation is 1. The molecule has 0 saturated heterocycles. The summed E-state index contributed by atoms with van der Waals surface area (Å²) in [5.41, 5.74) is 4.28. The molecular weight excluding hydrogens is 302 g/mol. The maximum atomic E-state index is 12.3. The van der Waals surface area contributed by atoms with E-state index in [1.807, 2.05) is 44.2 Å². The van der Waals surface area contributed by atoms with Gasteiger partial charge in [0.1, 0.15) is 0 Å². The van der Waals surface area contributed by atoms with Gasteiger partial charge in [0.25, 0.3) is 0 Å². The summed E-state index contributed by atoms with van der Waals surface area (Å²) in [4.78, 5) is 12.3. The lowest BCUT2D eigenvalue weighted by Crippen LogP contribution is -2.06. The van der Waals surface area contributed by atoms with E-state index in [0.717, 1.165) is 34.3 Å². The first kappa shape index (κ1) is 16.2. The number of rotatable bonds is 6. The smallest absolute Gasteiger partial charge is 0.174 e. The molecule has 0 N–H and O–H groups in total. The zero-order chi connectivity index (χ0) is 15.4. The van der Waals surface area contributed by atoms with Crippen molar-refractivity contribution in [3.8, 4) is 0 Å². The summed E-state index contributed by atoms with van der Waals surface area (Å²) in [6.45, 7) is 7.08. The van der Waals surface area contributed by atoms with Crippen LogP contribution in [0.2, 0.25) is 5.02 Å². The van der Waals surface area contributed by atoms with Crippen LogP contribution in [0.5, 0.6) is 0 Å². The van der Waals surface area contributed by atoms with Gasteiger partial charge in [-0.1, -0.05) is 23.7 Å². The number of aromatic nitrogens is 1. The minimum Gasteiger partial charge on any atom is -0.349 e. The molecular formula is C17H20ClNOS. The fourth-order valence-electron chi connectivity index (χ4n) is 2.49. The monoisotopic (exact) mass is 321 g/mol. The fraction of sp³-hybridized carbons (Fsp3) is 0.353. The van der Waals surface area contributed by atoms with E-state index in [1.165, 1.54) is 5.56 Å². The van der Waals surface area contributed by atoms with Crippen LogP contribution in [-0.4, -0.2) is 16.1 Å². The van der Waals surface area contributed by atoms with Crippen molar-refractivity contribution in [1.82, 2.24) is 4.57 Å². The highest BCUT2D eigenvalue weighted by atomic mass is 35.5. The lowest BCUT2D eigenvalue weighted by molar-refractivity contribution is 0.102. The zero-order valence-corrected chi connectivity index (χ0v) is 14.2. The summed E-state index contributed by atoms with van der Waals surface area (Å²) in [5.74, 6) is 1.55. The third-order valence-electron chi connectivity index (χ3n) is 3.61. The number of Topliss-reactive ketones (excluding diaryl/α,β-unsaturated/α-hetero) is 1. The summed E-state index contributed by atoms with van der Waals surface area (Å²) in [6, 6.07) is 9.78. The van der Waals surface area contributed by atoms with Gasteiger partial charge in [0.15, 0.2) is 5.78 Å². The highest BCUT2D eigenvalue weighted by Crippen LogP contribution is 2.20. The van der Waals surface area contributed by atoms with E-state index in [-0.39, 0.29) is 5.78 Å². The molecule has 0 aliphatic carbocycles. The third-order valence-corrected chi connectivity index (χ3v) is 4.86. The van der Waals surface area contributed by atoms with Crippen LogP contribution in [-0.2, 0) is 12.3 Å². The van der Waals surface area contributed by atoms with Gasteiger partial charge in [-0.2, -0.15) is 0 Å². The molecule has 0 saturated carbocycles. The molecule has 0 atom stereocenters. The first-order chi connectivity index (χ1) is 10.0. The minimum absolute atomic E-state index is 0.210. The highest BCUT2D eigenvalue weighted by molar-refractivity contribution is 7.99. The topological polar surface area (TPSA) is 22.0 Å². The molecule has 0 unspecified atom stereocenters. The Kier molecular flexibility index (Phi) is 5.54. The van der Waals surface area contributed by atoms with Gasteiger partial charge in [0.2, 0.25) is 0 Å². The van der Waals surface area contributed by atoms with E-state index in [1.54, 1.807) is 11.8 Å². The van der Waals surface area contributed by atoms with Crippen LogP contribution in [0.15, 0.2) is 30.3 Å². The summed E-state index contributed by atoms with van der Waals surface area (Å²) >= 11 is 7.51. The predicted octanol–water partition coefficient (Wildman–Crippen LogP) is 4.89. The van der Waals surface area contributed by atoms with Crippen molar-refractivity contribution in [1.29, 1.82) is 0 Å². The molecule has 0 aliphatic heterocycles. The van der Waals surface area contributed by atoms with Crippen LogP contribution in [0, 0.1) is 13.8 Å². The van der Waals surface area contributed by atoms with Crippen molar-refractivity contribution in [2.45, 2.75) is 33.1 Å². The van der Waals surface area contributed by atoms with E-state index >= 15 is 0 Å². The third kappa shape index (κ3) is 3.92. The van der Waals surface area contributed by atoms with Gasteiger partial charge in [-0.25, -0.2) is 0 Å². The molecule has 0 bridgehead atoms. The molecule has 2 aromatic rings. The van der Waals surface area contributed by atoms with E-state index in [0.29, 0.717) is 5.75 Å². The van der Waals surface area contributed by atoms with Crippen LogP contribution in [0.1, 0.15) is 34.2 Å². The Balaban J connectivity index is 1.94. The minimum atomic E-state index is 0.210. The molecule has 112 valence electrons. The fourth-order valence-corrected chi connectivity index (χ4v) is 3.49. The Hall–Kier alpha value is -1.19. The van der Waals surface area contributed by atoms with E-state index in [2.05, 4.69) is 11.5 Å². The van der Waals surface area contributed by atoms with Gasteiger partial charge in [0, 0.05) is 34.3 Å². The predicted molar refractivity (Wildman–Crippen MR) is 91.5 cm³/mol. The molecule has 0 fully saturated rings. The van der Waals surface area contributed by atoms with Crippen LogP contribution in [0.3, 0.4) is 0 Å². The van der Waals surface area contributed by atoms with Crippen molar-refractivity contribution in [3.05, 3.63) is 57.9 Å². The van der Waals surface area contributed by atoms with Crippen molar-refractivity contribution in [2.75, 3.05) is 5.75 Å². The largest absolute Gasteiger partial charge is 0.349 e. The molecule has 2 nitrogen and oxygen atoms in total. The molecule has 0 amide bonds. The molecule has 2 rings (SSSR count). The first-order valence-electron chi connectivity index (χ1n) is 7.05. The van der Waals surface area contributed by atoms with Crippen molar-refractivity contribution in [2.24, 2.45) is 0 Å². The van der Waals surface area contributed by atoms with Crippen molar-refractivity contribution < 1.29 is 4.79 Å². The number of hydrogen-bond donors (Lipinski definition) is 0. The SMILES string of the molecule is CCn1c(C)cc(C(=O)CSCc2ccc(Cl)cc2)c1C. The summed E-state index contributed by atoms with van der Waals surface area (Å²) in [5, 5.41) is 0.742. The van der Waals surface area contributed by atoms with Gasteiger partial charge in [0.05, 0.1) is 5.75 Å². The quantitative estimate of drug-likeness (QED) is 0.706. The molecule has 1 heterocycles. The summed E-state index contributed by atoms with van der Waals surface area (Å²) in [7, 11) is 0. The average Bonchev–Trinajstić information content (AvgIpc) is 2.75. The molecule has 1 aromatic heterocycles. The van der Waals surface area contributed by atoms with Crippen LogP contribution >= 0.6 is 23.4 Å². The number of halogens is 1. The maximum Gasteiger partial charge on any atom is 0.174 e.